The highest BCUT2D eigenvalue weighted by Crippen LogP contribution is 2.70. The van der Waals surface area contributed by atoms with Gasteiger partial charge >= 0.3 is 5.97 Å². The van der Waals surface area contributed by atoms with Crippen molar-refractivity contribution in [1.82, 2.24) is 10.6 Å². The minimum absolute atomic E-state index is 0.0196. The first kappa shape index (κ1) is 51.5. The van der Waals surface area contributed by atoms with Gasteiger partial charge in [0.15, 0.2) is 0 Å². The molecule has 0 radical (unpaired) electrons. The van der Waals surface area contributed by atoms with E-state index in [1.165, 1.54) is 0 Å². The van der Waals surface area contributed by atoms with Crippen LogP contribution in [0, 0.1) is 92.7 Å². The standard InChI is InChI=1S/C52H86N2O12S/c1-28(7-13-44(60)53-19-20-67(63,64)65)34-9-12-37-48-39(26-43(59)51(34,37)5)50(4)18-16-33(22-31(50)24-41(48)57)66-46(62)27-54-45(61)14-8-29(2)35-10-11-36-47-38(25-42(58)52(35,36)6)49(3)17-15-32(55)21-30(49)23-40(47)56/h28-43,47-48,55-59H,7-27H2,1-6H3,(H,53,60)(H,54,61)(H,63,64,65)/t28-,29-,30?,31?,32-,33-,34-,35-,36?,37+,38?,39+,40-,41-,42+,43+,47?,48+,49+,50+,51-,52-/m1/s1. The summed E-state index contributed by atoms with van der Waals surface area (Å²) in [7, 11) is -4.16. The molecule has 2 amide bonds. The summed E-state index contributed by atoms with van der Waals surface area (Å²) in [6.45, 7) is 13.0. The molecule has 0 saturated heterocycles. The van der Waals surface area contributed by atoms with Gasteiger partial charge in [0.25, 0.3) is 10.1 Å². The van der Waals surface area contributed by atoms with E-state index < -0.39 is 51.7 Å². The molecule has 8 N–H and O–H groups in total. The molecule has 15 heteroatoms. The normalized spacial score (nSPS) is 47.7. The molecule has 5 unspecified atom stereocenters. The van der Waals surface area contributed by atoms with Crippen LogP contribution in [-0.4, -0.2) is 112 Å². The Bertz CT molecular complexity index is 1940. The minimum Gasteiger partial charge on any atom is -0.461 e. The Morgan fingerprint density at radius 3 is 1.61 bits per heavy atom. The van der Waals surface area contributed by atoms with Crippen molar-refractivity contribution in [2.24, 2.45) is 92.7 Å². The molecule has 8 aliphatic carbocycles. The first-order valence-electron chi connectivity index (χ1n) is 26.5. The number of ether oxygens (including phenoxy) is 1. The lowest BCUT2D eigenvalue weighted by atomic mass is 9.43. The zero-order valence-electron chi connectivity index (χ0n) is 41.3. The van der Waals surface area contributed by atoms with E-state index in [2.05, 4.69) is 52.2 Å². The van der Waals surface area contributed by atoms with Gasteiger partial charge in [-0.25, -0.2) is 0 Å². The van der Waals surface area contributed by atoms with Gasteiger partial charge in [-0.05, 0) is 195 Å². The second kappa shape index (κ2) is 19.3. The predicted molar refractivity (Wildman–Crippen MR) is 251 cm³/mol. The molecule has 22 atom stereocenters. The van der Waals surface area contributed by atoms with Gasteiger partial charge in [0.1, 0.15) is 12.6 Å². The number of amides is 2. The summed E-state index contributed by atoms with van der Waals surface area (Å²) in [6, 6.07) is 0. The van der Waals surface area contributed by atoms with Gasteiger partial charge in [0, 0.05) is 19.4 Å². The number of fused-ring (bicyclic) bond motifs is 10. The third kappa shape index (κ3) is 9.41. The fraction of sp³-hybridized carbons (Fsp3) is 0.942. The molecule has 8 rings (SSSR count). The van der Waals surface area contributed by atoms with Crippen molar-refractivity contribution in [3.05, 3.63) is 0 Å². The molecule has 0 aromatic heterocycles. The Balaban J connectivity index is 0.793. The highest BCUT2D eigenvalue weighted by atomic mass is 32.2. The van der Waals surface area contributed by atoms with Gasteiger partial charge in [-0.2, -0.15) is 8.42 Å². The molecule has 0 aromatic carbocycles. The van der Waals surface area contributed by atoms with Crippen LogP contribution in [0.4, 0.5) is 0 Å². The number of nitrogens with one attached hydrogen (secondary N) is 2. The third-order valence-electron chi connectivity index (χ3n) is 22.1. The maximum Gasteiger partial charge on any atom is 0.325 e. The number of aliphatic hydroxyl groups is 5. The van der Waals surface area contributed by atoms with Crippen molar-refractivity contribution in [1.29, 1.82) is 0 Å². The number of aliphatic hydroxyl groups excluding tert-OH is 5. The molecule has 8 fully saturated rings. The highest BCUT2D eigenvalue weighted by Gasteiger charge is 2.67. The fourth-order valence-electron chi connectivity index (χ4n) is 18.4. The van der Waals surface area contributed by atoms with E-state index in [1.807, 2.05) is 0 Å². The van der Waals surface area contributed by atoms with Crippen LogP contribution in [0.15, 0.2) is 0 Å². The second-order valence-corrected chi connectivity index (χ2v) is 26.5. The summed E-state index contributed by atoms with van der Waals surface area (Å²) >= 11 is 0. The molecule has 0 aliphatic heterocycles. The summed E-state index contributed by atoms with van der Waals surface area (Å²) in [5.74, 6) is 0.508. The Kier molecular flexibility index (Phi) is 14.8. The average molecular weight is 963 g/mol. The first-order valence-corrected chi connectivity index (χ1v) is 28.1. The molecule has 0 spiro atoms. The molecule has 14 nitrogen and oxygen atoms in total. The Hall–Kier alpha value is -1.88. The lowest BCUT2D eigenvalue weighted by Gasteiger charge is -2.63. The number of hydrogen-bond donors (Lipinski definition) is 8. The number of esters is 1. The molecule has 0 aromatic rings. The zero-order valence-corrected chi connectivity index (χ0v) is 42.1. The predicted octanol–water partition coefficient (Wildman–Crippen LogP) is 5.41. The van der Waals surface area contributed by atoms with E-state index in [0.29, 0.717) is 44.9 Å². The summed E-state index contributed by atoms with van der Waals surface area (Å²) in [6.07, 6.45) is 9.99. The fourth-order valence-corrected chi connectivity index (χ4v) is 18.7. The van der Waals surface area contributed by atoms with E-state index in [1.54, 1.807) is 0 Å². The largest absolute Gasteiger partial charge is 0.461 e. The lowest BCUT2D eigenvalue weighted by molar-refractivity contribution is -0.209. The van der Waals surface area contributed by atoms with E-state index in [4.69, 9.17) is 9.29 Å². The van der Waals surface area contributed by atoms with Crippen molar-refractivity contribution in [3.63, 3.8) is 0 Å². The van der Waals surface area contributed by atoms with Gasteiger partial charge in [0.05, 0.1) is 36.3 Å². The number of carbonyl (C=O) groups excluding carboxylic acids is 3. The average Bonchev–Trinajstić information content (AvgIpc) is 3.81. The van der Waals surface area contributed by atoms with Crippen LogP contribution in [-0.2, 0) is 29.2 Å². The molecular weight excluding hydrogens is 877 g/mol. The number of rotatable bonds is 14. The van der Waals surface area contributed by atoms with E-state index in [0.717, 1.165) is 57.8 Å². The highest BCUT2D eigenvalue weighted by molar-refractivity contribution is 7.85. The van der Waals surface area contributed by atoms with E-state index >= 15 is 0 Å². The number of hydrogen-bond acceptors (Lipinski definition) is 11. The van der Waals surface area contributed by atoms with Crippen molar-refractivity contribution < 1.29 is 57.6 Å². The van der Waals surface area contributed by atoms with Gasteiger partial charge in [0.2, 0.25) is 11.8 Å². The van der Waals surface area contributed by atoms with E-state index in [9.17, 15) is 48.3 Å². The van der Waals surface area contributed by atoms with Crippen molar-refractivity contribution >= 4 is 27.9 Å². The summed E-state index contributed by atoms with van der Waals surface area (Å²) in [4.78, 5) is 38.9. The van der Waals surface area contributed by atoms with Gasteiger partial charge in [-0.15, -0.1) is 0 Å². The Labute approximate surface area is 400 Å². The molecule has 0 bridgehead atoms. The van der Waals surface area contributed by atoms with Gasteiger partial charge < -0.3 is 40.9 Å². The monoisotopic (exact) mass is 963 g/mol. The summed E-state index contributed by atoms with van der Waals surface area (Å²) < 4.78 is 37.1. The smallest absolute Gasteiger partial charge is 0.325 e. The van der Waals surface area contributed by atoms with E-state index in [-0.39, 0.29) is 137 Å². The topological polar surface area (TPSA) is 240 Å². The Morgan fingerprint density at radius 2 is 1.10 bits per heavy atom. The van der Waals surface area contributed by atoms with Gasteiger partial charge in [-0.1, -0.05) is 41.5 Å². The van der Waals surface area contributed by atoms with Crippen LogP contribution in [0.5, 0.6) is 0 Å². The maximum absolute atomic E-state index is 13.2. The summed E-state index contributed by atoms with van der Waals surface area (Å²) in [5.41, 5.74) is -0.868. The third-order valence-corrected chi connectivity index (χ3v) is 22.8. The summed E-state index contributed by atoms with van der Waals surface area (Å²) in [5, 5.41) is 63.4. The molecule has 382 valence electrons. The van der Waals surface area contributed by atoms with Crippen LogP contribution in [0.2, 0.25) is 0 Å². The second-order valence-electron chi connectivity index (χ2n) is 25.0. The Morgan fingerprint density at radius 1 is 0.627 bits per heavy atom. The van der Waals surface area contributed by atoms with Crippen LogP contribution >= 0.6 is 0 Å². The van der Waals surface area contributed by atoms with Crippen LogP contribution in [0.3, 0.4) is 0 Å². The van der Waals surface area contributed by atoms with Crippen molar-refractivity contribution in [2.75, 3.05) is 18.8 Å². The quantitative estimate of drug-likeness (QED) is 0.0806. The molecule has 0 heterocycles. The van der Waals surface area contributed by atoms with Crippen LogP contribution in [0.1, 0.15) is 157 Å². The number of carbonyl (C=O) groups is 3. The van der Waals surface area contributed by atoms with Gasteiger partial charge in [-0.3, -0.25) is 18.9 Å². The molecular formula is C52H86N2O12S. The molecule has 8 aliphatic rings. The first-order chi connectivity index (χ1) is 31.4. The SMILES string of the molecule is C[C@H](CCC(=O)NCC(=O)O[C@@H]1CC[C@@]2(C)C(C1)C[C@@H](O)[C@H]1[C@@H]3CC[C@H]([C@H](C)CCC(=O)NCCS(=O)(=O)O)[C@@]3(C)[C@@H](O)C[C@@H]12)[C@H]1CCC2C3C(C[C@H](O)[C@@]21C)[C@@]1(C)CC[C@@H](O)CC1C[C@H]3O. The van der Waals surface area contributed by atoms with Crippen LogP contribution in [0.25, 0.3) is 0 Å². The minimum atomic E-state index is -4.16. The molecule has 67 heavy (non-hydrogen) atoms. The molecule has 8 saturated carbocycles. The van der Waals surface area contributed by atoms with Crippen molar-refractivity contribution in [3.8, 4) is 0 Å². The zero-order chi connectivity index (χ0) is 48.6. The van der Waals surface area contributed by atoms with Crippen molar-refractivity contribution in [2.45, 2.75) is 194 Å². The lowest BCUT2D eigenvalue weighted by Crippen LogP contribution is -2.62. The maximum atomic E-state index is 13.2. The van der Waals surface area contributed by atoms with Crippen LogP contribution < -0.4 is 10.6 Å².